The SMILES string of the molecule is CCSC1CCCCN(c2ccc(S(=O)(=O)N3CCCC3)cn2)C1. The monoisotopic (exact) mass is 369 g/mol. The number of anilines is 1. The summed E-state index contributed by atoms with van der Waals surface area (Å²) in [7, 11) is -3.36. The Balaban J connectivity index is 1.73. The van der Waals surface area contributed by atoms with Crippen molar-refractivity contribution in [3.05, 3.63) is 18.3 Å². The van der Waals surface area contributed by atoms with Gasteiger partial charge in [0.1, 0.15) is 10.7 Å². The summed E-state index contributed by atoms with van der Waals surface area (Å²) in [4.78, 5) is 7.12. The minimum atomic E-state index is -3.36. The summed E-state index contributed by atoms with van der Waals surface area (Å²) in [6.45, 7) is 5.48. The van der Waals surface area contributed by atoms with Crippen molar-refractivity contribution >= 4 is 27.6 Å². The second-order valence-corrected chi connectivity index (χ2v) is 10.00. The van der Waals surface area contributed by atoms with Crippen LogP contribution in [0.4, 0.5) is 5.82 Å². The molecule has 2 aliphatic rings. The number of pyridine rings is 1. The van der Waals surface area contributed by atoms with Crippen LogP contribution in [0.3, 0.4) is 0 Å². The maximum Gasteiger partial charge on any atom is 0.244 e. The van der Waals surface area contributed by atoms with Gasteiger partial charge >= 0.3 is 0 Å². The lowest BCUT2D eigenvalue weighted by molar-refractivity contribution is 0.477. The van der Waals surface area contributed by atoms with Gasteiger partial charge in [0.05, 0.1) is 0 Å². The lowest BCUT2D eigenvalue weighted by Gasteiger charge is -2.25. The maximum atomic E-state index is 12.6. The average Bonchev–Trinajstić information content (AvgIpc) is 3.04. The number of aromatic nitrogens is 1. The second-order valence-electron chi connectivity index (χ2n) is 6.48. The Labute approximate surface area is 149 Å². The van der Waals surface area contributed by atoms with Crippen LogP contribution < -0.4 is 4.90 Å². The van der Waals surface area contributed by atoms with Gasteiger partial charge in [0.15, 0.2) is 0 Å². The Morgan fingerprint density at radius 1 is 1.17 bits per heavy atom. The first-order valence-electron chi connectivity index (χ1n) is 8.94. The van der Waals surface area contributed by atoms with E-state index >= 15 is 0 Å². The first-order chi connectivity index (χ1) is 11.6. The van der Waals surface area contributed by atoms with E-state index in [9.17, 15) is 8.42 Å². The molecule has 1 unspecified atom stereocenters. The molecule has 0 aliphatic carbocycles. The first kappa shape index (κ1) is 18.0. The molecule has 0 aromatic carbocycles. The lowest BCUT2D eigenvalue weighted by atomic mass is 10.2. The number of nitrogens with zero attached hydrogens (tertiary/aromatic N) is 3. The third kappa shape index (κ3) is 4.06. The highest BCUT2D eigenvalue weighted by atomic mass is 32.2. The van der Waals surface area contributed by atoms with Gasteiger partial charge in [-0.1, -0.05) is 13.3 Å². The molecule has 7 heteroatoms. The summed E-state index contributed by atoms with van der Waals surface area (Å²) in [6, 6.07) is 3.60. The normalized spacial score (nSPS) is 23.4. The number of sulfonamides is 1. The molecule has 1 atom stereocenters. The van der Waals surface area contributed by atoms with E-state index in [1.54, 1.807) is 10.4 Å². The van der Waals surface area contributed by atoms with E-state index < -0.39 is 10.0 Å². The molecule has 0 bridgehead atoms. The largest absolute Gasteiger partial charge is 0.356 e. The minimum absolute atomic E-state index is 0.322. The smallest absolute Gasteiger partial charge is 0.244 e. The molecule has 2 fully saturated rings. The molecular weight excluding hydrogens is 342 g/mol. The van der Waals surface area contributed by atoms with Crippen LogP contribution >= 0.6 is 11.8 Å². The Morgan fingerprint density at radius 2 is 1.92 bits per heavy atom. The fraction of sp³-hybridized carbons (Fsp3) is 0.706. The van der Waals surface area contributed by atoms with Gasteiger partial charge in [-0.15, -0.1) is 0 Å². The van der Waals surface area contributed by atoms with Crippen LogP contribution in [0.25, 0.3) is 0 Å². The number of hydrogen-bond acceptors (Lipinski definition) is 5. The van der Waals surface area contributed by atoms with Crippen LogP contribution in [0.15, 0.2) is 23.2 Å². The summed E-state index contributed by atoms with van der Waals surface area (Å²) < 4.78 is 26.7. The Bertz CT molecular complexity index is 628. The van der Waals surface area contributed by atoms with Crippen molar-refractivity contribution < 1.29 is 8.42 Å². The van der Waals surface area contributed by atoms with E-state index in [0.717, 1.165) is 37.5 Å². The summed E-state index contributed by atoms with van der Waals surface area (Å²) in [5, 5.41) is 0.646. The van der Waals surface area contributed by atoms with Gasteiger partial charge in [0.2, 0.25) is 10.0 Å². The molecule has 3 heterocycles. The van der Waals surface area contributed by atoms with Gasteiger partial charge in [-0.3, -0.25) is 0 Å². The van der Waals surface area contributed by atoms with Crippen LogP contribution in [0.5, 0.6) is 0 Å². The van der Waals surface area contributed by atoms with E-state index in [-0.39, 0.29) is 0 Å². The fourth-order valence-corrected chi connectivity index (χ4v) is 6.03. The first-order valence-corrected chi connectivity index (χ1v) is 11.4. The highest BCUT2D eigenvalue weighted by molar-refractivity contribution is 7.99. The molecule has 0 radical (unpaired) electrons. The predicted molar refractivity (Wildman–Crippen MR) is 100 cm³/mol. The number of thioether (sulfide) groups is 1. The molecule has 2 saturated heterocycles. The molecule has 24 heavy (non-hydrogen) atoms. The Hall–Kier alpha value is -0.790. The van der Waals surface area contributed by atoms with Crippen molar-refractivity contribution in [1.82, 2.24) is 9.29 Å². The van der Waals surface area contributed by atoms with Gasteiger partial charge < -0.3 is 4.90 Å². The topological polar surface area (TPSA) is 53.5 Å². The fourth-order valence-electron chi connectivity index (χ4n) is 3.47. The van der Waals surface area contributed by atoms with Crippen molar-refractivity contribution in [3.63, 3.8) is 0 Å². The number of hydrogen-bond donors (Lipinski definition) is 0. The van der Waals surface area contributed by atoms with Gasteiger partial charge in [-0.05, 0) is 43.6 Å². The van der Waals surface area contributed by atoms with Crippen molar-refractivity contribution in [3.8, 4) is 0 Å². The molecule has 134 valence electrons. The maximum absolute atomic E-state index is 12.6. The molecule has 0 amide bonds. The van der Waals surface area contributed by atoms with Crippen molar-refractivity contribution in [2.24, 2.45) is 0 Å². The van der Waals surface area contributed by atoms with E-state index in [1.807, 2.05) is 17.8 Å². The second kappa shape index (κ2) is 8.06. The predicted octanol–water partition coefficient (Wildman–Crippen LogP) is 2.98. The van der Waals surface area contributed by atoms with Gasteiger partial charge in [0, 0.05) is 37.6 Å². The highest BCUT2D eigenvalue weighted by Gasteiger charge is 2.27. The van der Waals surface area contributed by atoms with Crippen molar-refractivity contribution in [1.29, 1.82) is 0 Å². The zero-order valence-corrected chi connectivity index (χ0v) is 16.0. The molecule has 5 nitrogen and oxygen atoms in total. The van der Waals surface area contributed by atoms with E-state index in [1.165, 1.54) is 25.5 Å². The van der Waals surface area contributed by atoms with Crippen LogP contribution in [0, 0.1) is 0 Å². The van der Waals surface area contributed by atoms with E-state index in [4.69, 9.17) is 0 Å². The molecule has 3 rings (SSSR count). The van der Waals surface area contributed by atoms with Crippen LogP contribution in [0.1, 0.15) is 39.0 Å². The van der Waals surface area contributed by atoms with E-state index in [0.29, 0.717) is 23.2 Å². The zero-order chi connectivity index (χ0) is 17.0. The molecule has 0 spiro atoms. The van der Waals surface area contributed by atoms with Crippen LogP contribution in [-0.4, -0.2) is 54.9 Å². The minimum Gasteiger partial charge on any atom is -0.356 e. The van der Waals surface area contributed by atoms with Crippen LogP contribution in [-0.2, 0) is 10.0 Å². The van der Waals surface area contributed by atoms with E-state index in [2.05, 4.69) is 16.8 Å². The molecule has 1 aromatic rings. The lowest BCUT2D eigenvalue weighted by Crippen LogP contribution is -2.31. The molecule has 0 N–H and O–H groups in total. The molecule has 0 saturated carbocycles. The summed E-state index contributed by atoms with van der Waals surface area (Å²) in [5.41, 5.74) is 0. The van der Waals surface area contributed by atoms with Crippen molar-refractivity contribution in [2.75, 3.05) is 36.8 Å². The standard InChI is InChI=1S/C17H27N3O2S2/c1-2-23-15-7-3-4-10-19(14-15)17-9-8-16(13-18-17)24(21,22)20-11-5-6-12-20/h8-9,13,15H,2-7,10-12,14H2,1H3. The third-order valence-electron chi connectivity index (χ3n) is 4.78. The third-order valence-corrected chi connectivity index (χ3v) is 7.85. The Morgan fingerprint density at radius 3 is 2.58 bits per heavy atom. The zero-order valence-electron chi connectivity index (χ0n) is 14.4. The Kier molecular flexibility index (Phi) is 6.05. The molecule has 1 aromatic heterocycles. The molecule has 2 aliphatic heterocycles. The van der Waals surface area contributed by atoms with Crippen LogP contribution in [0.2, 0.25) is 0 Å². The van der Waals surface area contributed by atoms with Gasteiger partial charge in [-0.2, -0.15) is 16.1 Å². The highest BCUT2D eigenvalue weighted by Crippen LogP contribution is 2.26. The van der Waals surface area contributed by atoms with Gasteiger partial charge in [0.25, 0.3) is 0 Å². The van der Waals surface area contributed by atoms with Crippen molar-refractivity contribution in [2.45, 2.75) is 49.2 Å². The van der Waals surface area contributed by atoms with Gasteiger partial charge in [-0.25, -0.2) is 13.4 Å². The average molecular weight is 370 g/mol. The molecular formula is C17H27N3O2S2. The quantitative estimate of drug-likeness (QED) is 0.799. The summed E-state index contributed by atoms with van der Waals surface area (Å²) in [5.74, 6) is 2.04. The summed E-state index contributed by atoms with van der Waals surface area (Å²) >= 11 is 2.02. The number of rotatable bonds is 5. The summed E-state index contributed by atoms with van der Waals surface area (Å²) in [6.07, 6.45) is 7.14.